The van der Waals surface area contributed by atoms with Gasteiger partial charge in [-0.3, -0.25) is 0 Å². The summed E-state index contributed by atoms with van der Waals surface area (Å²) in [6.07, 6.45) is 0. The van der Waals surface area contributed by atoms with E-state index in [1.165, 1.54) is 16.6 Å². The van der Waals surface area contributed by atoms with Crippen molar-refractivity contribution in [1.82, 2.24) is 9.13 Å². The molecule has 0 spiro atoms. The molecule has 0 N–H and O–H groups in total. The fourth-order valence-electron chi connectivity index (χ4n) is 3.38. The monoisotopic (exact) mass is 332 g/mol. The van der Waals surface area contributed by atoms with Crippen LogP contribution >= 0.6 is 11.3 Å². The number of aryl methyl sites for hydroxylation is 2. The highest BCUT2D eigenvalue weighted by Gasteiger charge is 2.10. The van der Waals surface area contributed by atoms with Crippen LogP contribution in [0.25, 0.3) is 42.6 Å². The summed E-state index contributed by atoms with van der Waals surface area (Å²) >= 11 is 1.77. The Kier molecular flexibility index (Phi) is 2.79. The van der Waals surface area contributed by atoms with Crippen molar-refractivity contribution < 1.29 is 4.42 Å². The lowest BCUT2D eigenvalue weighted by atomic mass is 10.2. The second-order valence-corrected chi connectivity index (χ2v) is 7.13. The van der Waals surface area contributed by atoms with E-state index in [4.69, 9.17) is 4.42 Å². The van der Waals surface area contributed by atoms with Crippen molar-refractivity contribution in [2.45, 2.75) is 0 Å². The molecule has 0 radical (unpaired) electrons. The Labute approximate surface area is 142 Å². The lowest BCUT2D eigenvalue weighted by Crippen LogP contribution is -2.04. The molecule has 0 atom stereocenters. The summed E-state index contributed by atoms with van der Waals surface area (Å²) in [6.45, 7) is 0. The van der Waals surface area contributed by atoms with Crippen LogP contribution in [-0.4, -0.2) is 9.13 Å². The number of nitrogens with zero attached hydrogens (tertiary/aromatic N) is 2. The number of rotatable bonds is 0. The second kappa shape index (κ2) is 4.89. The van der Waals surface area contributed by atoms with Crippen LogP contribution in [0.3, 0.4) is 0 Å². The molecule has 5 rings (SSSR count). The normalized spacial score (nSPS) is 11.8. The second-order valence-electron chi connectivity index (χ2n) is 6.05. The van der Waals surface area contributed by atoms with Gasteiger partial charge in [0.15, 0.2) is 0 Å². The zero-order valence-electron chi connectivity index (χ0n) is 13.5. The third-order valence-corrected chi connectivity index (χ3v) is 5.75. The van der Waals surface area contributed by atoms with Crippen molar-refractivity contribution in [3.05, 3.63) is 60.7 Å². The molecule has 0 unspecified atom stereocenters. The molecule has 0 aliphatic rings. The summed E-state index contributed by atoms with van der Waals surface area (Å²) < 4.78 is 13.0. The molecular weight excluding hydrogens is 316 g/mol. The molecule has 0 aliphatic heterocycles. The molecular formula is C20H16N2OS. The Bertz CT molecular complexity index is 1180. The average molecular weight is 332 g/mol. The van der Waals surface area contributed by atoms with Gasteiger partial charge in [0.05, 0.1) is 31.5 Å². The van der Waals surface area contributed by atoms with E-state index in [0.29, 0.717) is 0 Å². The molecule has 2 heterocycles. The standard InChI is InChI=1S/C20H16N2OS/c1-21-13-7-3-4-8-14(13)22(2)16-12-20-18(11-15(16)21)23-17-9-5-6-10-19(17)24-20/h3-12H,1-2H3. The molecule has 0 aliphatic carbocycles. The van der Waals surface area contributed by atoms with Gasteiger partial charge in [-0.15, -0.1) is 11.3 Å². The van der Waals surface area contributed by atoms with Gasteiger partial charge in [0.1, 0.15) is 11.2 Å². The van der Waals surface area contributed by atoms with Crippen molar-refractivity contribution in [1.29, 1.82) is 0 Å². The highest BCUT2D eigenvalue weighted by molar-refractivity contribution is 7.24. The van der Waals surface area contributed by atoms with Crippen LogP contribution in [-0.2, 0) is 14.1 Å². The molecule has 0 fully saturated rings. The summed E-state index contributed by atoms with van der Waals surface area (Å²) in [6, 6.07) is 21.1. The van der Waals surface area contributed by atoms with E-state index in [9.17, 15) is 0 Å². The number of fused-ring (bicyclic) bond motifs is 4. The molecule has 0 bridgehead atoms. The lowest BCUT2D eigenvalue weighted by Gasteiger charge is -2.16. The van der Waals surface area contributed by atoms with Gasteiger partial charge in [-0.05, 0) is 30.3 Å². The number of benzene rings is 3. The first-order chi connectivity index (χ1) is 11.7. The molecule has 24 heavy (non-hydrogen) atoms. The Morgan fingerprint density at radius 2 is 1.29 bits per heavy atom. The van der Waals surface area contributed by atoms with Crippen molar-refractivity contribution in [3.8, 4) is 0 Å². The Balaban J connectivity index is 2.01. The van der Waals surface area contributed by atoms with E-state index in [0.717, 1.165) is 26.1 Å². The van der Waals surface area contributed by atoms with Gasteiger partial charge >= 0.3 is 0 Å². The molecule has 0 amide bonds. The van der Waals surface area contributed by atoms with Crippen molar-refractivity contribution >= 4 is 54.0 Å². The van der Waals surface area contributed by atoms with Gasteiger partial charge in [0.2, 0.25) is 0 Å². The average Bonchev–Trinajstić information content (AvgIpc) is 2.63. The largest absolute Gasteiger partial charge is 0.454 e. The third-order valence-electron chi connectivity index (χ3n) is 4.66. The van der Waals surface area contributed by atoms with Gasteiger partial charge in [-0.25, -0.2) is 0 Å². The lowest BCUT2D eigenvalue weighted by molar-refractivity contribution is 0.663. The smallest absolute Gasteiger partial charge is 0.146 e. The molecule has 3 aromatic carbocycles. The fraction of sp³-hybridized carbons (Fsp3) is 0.100. The number of aromatic nitrogens is 2. The van der Waals surface area contributed by atoms with Gasteiger partial charge in [-0.2, -0.15) is 0 Å². The van der Waals surface area contributed by atoms with E-state index < -0.39 is 0 Å². The molecule has 5 aromatic rings. The maximum absolute atomic E-state index is 6.15. The van der Waals surface area contributed by atoms with E-state index >= 15 is 0 Å². The molecule has 0 saturated carbocycles. The number of hydrogen-bond donors (Lipinski definition) is 0. The molecule has 0 saturated heterocycles. The SMILES string of the molecule is Cn1c2ccccc2n(C)c2cc3sc4ccccc4oc3cc21. The Hall–Kier alpha value is -2.72. The van der Waals surface area contributed by atoms with Gasteiger partial charge in [-0.1, -0.05) is 24.3 Å². The Morgan fingerprint density at radius 3 is 2.04 bits per heavy atom. The summed E-state index contributed by atoms with van der Waals surface area (Å²) in [7, 11) is 4.24. The van der Waals surface area contributed by atoms with Crippen molar-refractivity contribution in [2.75, 3.05) is 0 Å². The first-order valence-electron chi connectivity index (χ1n) is 7.91. The quantitative estimate of drug-likeness (QED) is 0.331. The predicted octanol–water partition coefficient (Wildman–Crippen LogP) is 5.76. The number of hydrogen-bond acceptors (Lipinski definition) is 2. The first-order valence-corrected chi connectivity index (χ1v) is 8.73. The van der Waals surface area contributed by atoms with Crippen LogP contribution in [0.4, 0.5) is 0 Å². The Morgan fingerprint density at radius 1 is 0.667 bits per heavy atom. The minimum atomic E-state index is 0.928. The fourth-order valence-corrected chi connectivity index (χ4v) is 4.35. The van der Waals surface area contributed by atoms with Crippen LogP contribution in [0, 0.1) is 0 Å². The van der Waals surface area contributed by atoms with E-state index in [-0.39, 0.29) is 0 Å². The molecule has 4 heteroatoms. The summed E-state index contributed by atoms with van der Waals surface area (Å²) in [5, 5.41) is 0. The summed E-state index contributed by atoms with van der Waals surface area (Å²) in [5.74, 6) is 0. The highest BCUT2D eigenvalue weighted by Crippen LogP contribution is 2.32. The summed E-state index contributed by atoms with van der Waals surface area (Å²) in [5.41, 5.74) is 6.64. The minimum Gasteiger partial charge on any atom is -0.454 e. The van der Waals surface area contributed by atoms with Gasteiger partial charge < -0.3 is 13.6 Å². The van der Waals surface area contributed by atoms with Crippen molar-refractivity contribution in [3.63, 3.8) is 0 Å². The maximum Gasteiger partial charge on any atom is 0.146 e. The highest BCUT2D eigenvalue weighted by atomic mass is 32.1. The van der Waals surface area contributed by atoms with E-state index in [2.05, 4.69) is 71.8 Å². The summed E-state index contributed by atoms with van der Waals surface area (Å²) in [4.78, 5) is 0. The van der Waals surface area contributed by atoms with Crippen LogP contribution < -0.4 is 0 Å². The van der Waals surface area contributed by atoms with Crippen LogP contribution in [0.15, 0.2) is 65.1 Å². The maximum atomic E-state index is 6.15. The number of para-hydroxylation sites is 3. The molecule has 118 valence electrons. The molecule has 2 aromatic heterocycles. The van der Waals surface area contributed by atoms with E-state index in [1.807, 2.05) is 12.1 Å². The van der Waals surface area contributed by atoms with Crippen LogP contribution in [0.2, 0.25) is 0 Å². The zero-order chi connectivity index (χ0) is 16.3. The minimum absolute atomic E-state index is 0.928. The first kappa shape index (κ1) is 13.7. The van der Waals surface area contributed by atoms with E-state index in [1.54, 1.807) is 11.3 Å². The topological polar surface area (TPSA) is 23.0 Å². The predicted molar refractivity (Wildman–Crippen MR) is 102 cm³/mol. The third kappa shape index (κ3) is 1.83. The molecule has 3 nitrogen and oxygen atoms in total. The zero-order valence-corrected chi connectivity index (χ0v) is 14.3. The van der Waals surface area contributed by atoms with Crippen LogP contribution in [0.5, 0.6) is 0 Å². The van der Waals surface area contributed by atoms with Gasteiger partial charge in [0, 0.05) is 20.2 Å². The van der Waals surface area contributed by atoms with Crippen LogP contribution in [0.1, 0.15) is 0 Å². The van der Waals surface area contributed by atoms with Crippen molar-refractivity contribution in [2.24, 2.45) is 14.1 Å². The van der Waals surface area contributed by atoms with Gasteiger partial charge in [0.25, 0.3) is 0 Å².